The van der Waals surface area contributed by atoms with Gasteiger partial charge in [-0.05, 0) is 94.3 Å². The van der Waals surface area contributed by atoms with Crippen LogP contribution in [0.25, 0.3) is 0 Å². The quantitative estimate of drug-likeness (QED) is 0.0379. The van der Waals surface area contributed by atoms with Crippen molar-refractivity contribution in [1.29, 1.82) is 0 Å². The normalized spacial score (nSPS) is 12.3. The Hall–Kier alpha value is -3.24. The van der Waals surface area contributed by atoms with Crippen molar-refractivity contribution in [2.45, 2.75) is 238 Å². The average Bonchev–Trinajstić information content (AvgIpc) is 3.34. The zero-order valence-electron chi connectivity index (χ0n) is 47.8. The minimum absolute atomic E-state index is 0.214. The second-order valence-electron chi connectivity index (χ2n) is 22.3. The number of hydrogen-bond acceptors (Lipinski definition) is 8. The summed E-state index contributed by atoms with van der Waals surface area (Å²) in [7, 11) is -3.50. The largest absolute Gasteiger partial charge is 0.494 e. The maximum Gasteiger partial charge on any atom is 0.240 e. The van der Waals surface area contributed by atoms with Crippen LogP contribution < -0.4 is 31.2 Å². The van der Waals surface area contributed by atoms with Crippen LogP contribution in [0.3, 0.4) is 0 Å². The molecular weight excluding hydrogens is 933 g/mol. The van der Waals surface area contributed by atoms with E-state index >= 15 is 0 Å². The molecule has 0 bridgehead atoms. The molecule has 412 valence electrons. The third-order valence-electron chi connectivity index (χ3n) is 15.0. The van der Waals surface area contributed by atoms with E-state index in [-0.39, 0.29) is 25.5 Å². The van der Waals surface area contributed by atoms with Gasteiger partial charge in [0.1, 0.15) is 11.5 Å². The van der Waals surface area contributed by atoms with Crippen molar-refractivity contribution in [3.63, 3.8) is 0 Å². The molecule has 0 saturated heterocycles. The molecule has 0 aliphatic heterocycles. The van der Waals surface area contributed by atoms with Crippen molar-refractivity contribution < 1.29 is 32.7 Å². The van der Waals surface area contributed by atoms with Gasteiger partial charge in [-0.2, -0.15) is 0 Å². The Morgan fingerprint density at radius 2 is 0.681 bits per heavy atom. The fourth-order valence-corrected chi connectivity index (χ4v) is 22.3. The van der Waals surface area contributed by atoms with Crippen molar-refractivity contribution in [2.75, 3.05) is 46.1 Å². The standard InChI is InChI=1S/C59H106N4O7Si2/c1-46(2)71(47(3)4,48(5)6)69-41-29-25-21-17-13-15-19-23-27-39-67-54-35-31-52(32-36-54)59(63-58(66)45-62-57(65)44-61-56(64)43-60)53-33-37-55(38-34-53)68-40-28-24-20-16-14-18-22-26-30-42-70-72(49(7)8,50(9)10)51(11)12/h31-38,46-51,59H,13-30,39-45,60H2,1-12H3,(H,61,64)(H,62,65)(H,63,66). The molecule has 5 N–H and O–H groups in total. The molecule has 0 saturated carbocycles. The highest BCUT2D eigenvalue weighted by Crippen LogP contribution is 2.43. The number of ether oxygens (including phenoxy) is 2. The van der Waals surface area contributed by atoms with Crippen LogP contribution in [0.5, 0.6) is 11.5 Å². The molecule has 0 fully saturated rings. The zero-order chi connectivity index (χ0) is 53.4. The Labute approximate surface area is 442 Å². The number of carbonyl (C=O) groups is 3. The topological polar surface area (TPSA) is 150 Å². The second-order valence-corrected chi connectivity index (χ2v) is 33.2. The summed E-state index contributed by atoms with van der Waals surface area (Å²) in [6, 6.07) is 15.2. The zero-order valence-corrected chi connectivity index (χ0v) is 49.8. The van der Waals surface area contributed by atoms with E-state index in [1.807, 2.05) is 48.5 Å². The molecule has 0 aliphatic carbocycles. The highest BCUT2D eigenvalue weighted by Gasteiger charge is 2.45. The van der Waals surface area contributed by atoms with E-state index in [1.165, 1.54) is 89.9 Å². The summed E-state index contributed by atoms with van der Waals surface area (Å²) in [6.45, 7) is 30.8. The van der Waals surface area contributed by atoms with Crippen molar-refractivity contribution in [2.24, 2.45) is 5.73 Å². The van der Waals surface area contributed by atoms with Crippen molar-refractivity contribution in [1.82, 2.24) is 16.0 Å². The molecule has 2 aromatic rings. The molecule has 0 aromatic heterocycles. The van der Waals surface area contributed by atoms with Gasteiger partial charge in [-0.15, -0.1) is 0 Å². The predicted octanol–water partition coefficient (Wildman–Crippen LogP) is 14.2. The van der Waals surface area contributed by atoms with Gasteiger partial charge in [0, 0.05) is 13.2 Å². The summed E-state index contributed by atoms with van der Waals surface area (Å²) in [5.74, 6) is 0.298. The molecule has 0 unspecified atom stereocenters. The number of carbonyl (C=O) groups excluding carboxylic acids is 3. The Bertz CT molecular complexity index is 1590. The SMILES string of the molecule is CC(C)[Si](OCCCCCCCCCCCOc1ccc(C(NC(=O)CNC(=O)CNC(=O)CN)c2ccc(OCCCCCCCCCCCO[Si](C(C)C)(C(C)C)C(C)C)cc2)cc1)(C(C)C)C(C)C. The fraction of sp³-hybridized carbons (Fsp3) is 0.746. The van der Waals surface area contributed by atoms with Crippen LogP contribution >= 0.6 is 0 Å². The van der Waals surface area contributed by atoms with Gasteiger partial charge in [0.25, 0.3) is 0 Å². The third kappa shape index (κ3) is 23.5. The minimum atomic E-state index is -1.75. The smallest absolute Gasteiger partial charge is 0.240 e. The maximum atomic E-state index is 13.2. The van der Waals surface area contributed by atoms with Gasteiger partial charge in [0.2, 0.25) is 17.7 Å². The van der Waals surface area contributed by atoms with Crippen molar-refractivity contribution in [3.05, 3.63) is 59.7 Å². The van der Waals surface area contributed by atoms with Crippen molar-refractivity contribution in [3.8, 4) is 11.5 Å². The second kappa shape index (κ2) is 36.7. The van der Waals surface area contributed by atoms with Gasteiger partial charge in [0.15, 0.2) is 16.6 Å². The average molecular weight is 1040 g/mol. The molecule has 11 nitrogen and oxygen atoms in total. The van der Waals surface area contributed by atoms with Gasteiger partial charge in [-0.3, -0.25) is 14.4 Å². The highest BCUT2D eigenvalue weighted by molar-refractivity contribution is 6.78. The molecule has 0 heterocycles. The van der Waals surface area contributed by atoms with Crippen LogP contribution in [0.4, 0.5) is 0 Å². The first-order valence-electron chi connectivity index (χ1n) is 28.7. The van der Waals surface area contributed by atoms with Crippen LogP contribution in [0.15, 0.2) is 48.5 Å². The molecule has 0 radical (unpaired) electrons. The lowest BCUT2D eigenvalue weighted by Crippen LogP contribution is -2.47. The number of nitrogens with two attached hydrogens (primary N) is 1. The number of hydrogen-bond donors (Lipinski definition) is 4. The minimum Gasteiger partial charge on any atom is -0.494 e. The fourth-order valence-electron chi connectivity index (χ4n) is 11.3. The third-order valence-corrected chi connectivity index (χ3v) is 27.3. The Morgan fingerprint density at radius 3 is 0.986 bits per heavy atom. The van der Waals surface area contributed by atoms with E-state index in [2.05, 4.69) is 99.0 Å². The first-order chi connectivity index (χ1) is 34.4. The monoisotopic (exact) mass is 1040 g/mol. The van der Waals surface area contributed by atoms with Crippen LogP contribution in [-0.4, -0.2) is 80.4 Å². The number of nitrogens with one attached hydrogen (secondary N) is 3. The van der Waals surface area contributed by atoms with Crippen LogP contribution in [0.2, 0.25) is 33.2 Å². The van der Waals surface area contributed by atoms with E-state index in [0.29, 0.717) is 46.5 Å². The molecule has 2 rings (SSSR count). The van der Waals surface area contributed by atoms with E-state index in [9.17, 15) is 14.4 Å². The highest BCUT2D eigenvalue weighted by atomic mass is 28.4. The molecule has 0 spiro atoms. The Balaban J connectivity index is 1.77. The van der Waals surface area contributed by atoms with E-state index in [1.54, 1.807) is 0 Å². The van der Waals surface area contributed by atoms with E-state index < -0.39 is 34.5 Å². The summed E-state index contributed by atoms with van der Waals surface area (Å²) in [5.41, 5.74) is 10.9. The Morgan fingerprint density at radius 1 is 0.403 bits per heavy atom. The van der Waals surface area contributed by atoms with Crippen LogP contribution in [0, 0.1) is 0 Å². The number of rotatable bonds is 42. The van der Waals surface area contributed by atoms with Gasteiger partial charge in [0.05, 0.1) is 38.9 Å². The first kappa shape index (κ1) is 64.9. The maximum absolute atomic E-state index is 13.2. The summed E-state index contributed by atoms with van der Waals surface area (Å²) >= 11 is 0. The van der Waals surface area contributed by atoms with Crippen LogP contribution in [0.1, 0.15) is 216 Å². The lowest BCUT2D eigenvalue weighted by Gasteiger charge is -2.42. The predicted molar refractivity (Wildman–Crippen MR) is 306 cm³/mol. The number of unbranched alkanes of at least 4 members (excludes halogenated alkanes) is 16. The molecule has 13 heteroatoms. The Kier molecular flexibility index (Phi) is 33.0. The lowest BCUT2D eigenvalue weighted by molar-refractivity contribution is -0.127. The van der Waals surface area contributed by atoms with Gasteiger partial charge in [-0.1, -0.05) is 197 Å². The lowest BCUT2D eigenvalue weighted by atomic mass is 9.98. The molecule has 72 heavy (non-hydrogen) atoms. The molecule has 0 atom stereocenters. The van der Waals surface area contributed by atoms with Gasteiger partial charge < -0.3 is 40.0 Å². The van der Waals surface area contributed by atoms with Crippen LogP contribution in [-0.2, 0) is 23.2 Å². The molecule has 0 aliphatic rings. The number of benzene rings is 2. The molecular formula is C59H106N4O7Si2. The molecule has 3 amide bonds. The number of amides is 3. The molecule has 2 aromatic carbocycles. The first-order valence-corrected chi connectivity index (χ1v) is 33.0. The summed E-state index contributed by atoms with van der Waals surface area (Å²) in [6.07, 6.45) is 21.9. The van der Waals surface area contributed by atoms with Gasteiger partial charge in [-0.25, -0.2) is 0 Å². The summed E-state index contributed by atoms with van der Waals surface area (Å²) < 4.78 is 25.7. The van der Waals surface area contributed by atoms with Gasteiger partial charge >= 0.3 is 0 Å². The van der Waals surface area contributed by atoms with Crippen molar-refractivity contribution >= 4 is 34.4 Å². The van der Waals surface area contributed by atoms with E-state index in [0.717, 1.165) is 61.5 Å². The summed E-state index contributed by atoms with van der Waals surface area (Å²) in [4.78, 5) is 37.0. The summed E-state index contributed by atoms with van der Waals surface area (Å²) in [5, 5.41) is 8.08. The van der Waals surface area contributed by atoms with E-state index in [4.69, 9.17) is 24.1 Å².